The van der Waals surface area contributed by atoms with Crippen LogP contribution in [0.25, 0.3) is 0 Å². The molecule has 3 atom stereocenters. The molecule has 0 aromatic heterocycles. The van der Waals surface area contributed by atoms with Crippen molar-refractivity contribution in [2.75, 3.05) is 14.2 Å². The number of likely N-dealkylation sites (N-methyl/N-ethyl adjacent to an activating group) is 1. The van der Waals surface area contributed by atoms with E-state index in [-0.39, 0.29) is 11.9 Å². The lowest BCUT2D eigenvalue weighted by atomic mass is 9.91. The second-order valence-electron chi connectivity index (χ2n) is 5.39. The van der Waals surface area contributed by atoms with Crippen LogP contribution in [0.5, 0.6) is 0 Å². The molecule has 0 saturated heterocycles. The zero-order valence-electron chi connectivity index (χ0n) is 12.2. The predicted octanol–water partition coefficient (Wildman–Crippen LogP) is 2.14. The van der Waals surface area contributed by atoms with Crippen molar-refractivity contribution < 1.29 is 14.6 Å². The summed E-state index contributed by atoms with van der Waals surface area (Å²) in [5, 5.41) is 10.1. The maximum atomic E-state index is 12.6. The van der Waals surface area contributed by atoms with Gasteiger partial charge in [0.1, 0.15) is 0 Å². The van der Waals surface area contributed by atoms with Gasteiger partial charge in [-0.2, -0.15) is 0 Å². The Kier molecular flexibility index (Phi) is 5.15. The van der Waals surface area contributed by atoms with Crippen LogP contribution >= 0.6 is 0 Å². The maximum absolute atomic E-state index is 12.6. The molecule has 1 amide bonds. The number of ether oxygens (including phenoxy) is 1. The van der Waals surface area contributed by atoms with E-state index in [0.717, 1.165) is 31.2 Å². The average molecular weight is 277 g/mol. The van der Waals surface area contributed by atoms with Crippen molar-refractivity contribution in [3.8, 4) is 0 Å². The number of aliphatic hydroxyl groups is 1. The van der Waals surface area contributed by atoms with Gasteiger partial charge in [-0.25, -0.2) is 0 Å². The van der Waals surface area contributed by atoms with Crippen molar-refractivity contribution in [3.63, 3.8) is 0 Å². The summed E-state index contributed by atoms with van der Waals surface area (Å²) in [5.41, 5.74) is 0.845. The molecule has 0 heterocycles. The van der Waals surface area contributed by atoms with E-state index in [1.54, 1.807) is 19.1 Å². The van der Waals surface area contributed by atoms with Crippen molar-refractivity contribution in [3.05, 3.63) is 35.9 Å². The summed E-state index contributed by atoms with van der Waals surface area (Å²) in [4.78, 5) is 14.3. The molecule has 3 unspecified atom stereocenters. The number of nitrogens with zero attached hydrogens (tertiary/aromatic N) is 1. The number of amides is 1. The fraction of sp³-hybridized carbons (Fsp3) is 0.562. The first-order chi connectivity index (χ1) is 9.65. The third kappa shape index (κ3) is 3.19. The Morgan fingerprint density at radius 2 is 1.95 bits per heavy atom. The van der Waals surface area contributed by atoms with Gasteiger partial charge >= 0.3 is 0 Å². The number of rotatable bonds is 4. The van der Waals surface area contributed by atoms with Gasteiger partial charge < -0.3 is 14.7 Å². The minimum absolute atomic E-state index is 0.0929. The summed E-state index contributed by atoms with van der Waals surface area (Å²) in [6.07, 6.45) is 2.69. The molecule has 1 saturated carbocycles. The van der Waals surface area contributed by atoms with Gasteiger partial charge in [0.2, 0.25) is 0 Å². The van der Waals surface area contributed by atoms with Crippen molar-refractivity contribution in [1.29, 1.82) is 0 Å². The first kappa shape index (κ1) is 15.0. The fourth-order valence-corrected chi connectivity index (χ4v) is 2.90. The van der Waals surface area contributed by atoms with Crippen molar-refractivity contribution >= 4 is 5.91 Å². The molecule has 0 radical (unpaired) electrons. The lowest BCUT2D eigenvalue weighted by molar-refractivity contribution is -0.146. The van der Waals surface area contributed by atoms with Gasteiger partial charge in [0.25, 0.3) is 5.91 Å². The number of carbonyl (C=O) groups excluding carboxylic acids is 1. The van der Waals surface area contributed by atoms with Crippen LogP contribution in [0, 0.1) is 0 Å². The highest BCUT2D eigenvalue weighted by Crippen LogP contribution is 2.26. The van der Waals surface area contributed by atoms with E-state index in [4.69, 9.17) is 4.74 Å². The van der Waals surface area contributed by atoms with E-state index in [1.165, 1.54) is 0 Å². The van der Waals surface area contributed by atoms with E-state index in [9.17, 15) is 9.90 Å². The van der Waals surface area contributed by atoms with Crippen LogP contribution in [0.15, 0.2) is 30.3 Å². The average Bonchev–Trinajstić information content (AvgIpc) is 2.49. The van der Waals surface area contributed by atoms with E-state index >= 15 is 0 Å². The molecule has 1 N–H and O–H groups in total. The number of hydrogen-bond donors (Lipinski definition) is 1. The molecule has 0 aliphatic heterocycles. The molecule has 1 aliphatic carbocycles. The van der Waals surface area contributed by atoms with Gasteiger partial charge in [0.15, 0.2) is 6.10 Å². The van der Waals surface area contributed by atoms with Crippen LogP contribution < -0.4 is 0 Å². The molecular formula is C16H23NO3. The Hall–Kier alpha value is -1.39. The van der Waals surface area contributed by atoms with E-state index in [2.05, 4.69) is 0 Å². The van der Waals surface area contributed by atoms with Crippen LogP contribution in [-0.2, 0) is 9.53 Å². The molecule has 0 bridgehead atoms. The lowest BCUT2D eigenvalue weighted by Gasteiger charge is -2.36. The molecule has 2 rings (SSSR count). The van der Waals surface area contributed by atoms with Crippen LogP contribution in [0.2, 0.25) is 0 Å². The molecule has 1 aliphatic rings. The van der Waals surface area contributed by atoms with Gasteiger partial charge in [0.05, 0.1) is 12.1 Å². The Morgan fingerprint density at radius 3 is 2.55 bits per heavy atom. The standard InChI is InChI=1S/C16H23NO3/c1-17(13-10-6-7-11-14(13)18)16(19)15(20-2)12-8-4-3-5-9-12/h3-5,8-9,13-15,18H,6-7,10-11H2,1-2H3. The van der Waals surface area contributed by atoms with E-state index in [1.807, 2.05) is 30.3 Å². The largest absolute Gasteiger partial charge is 0.391 e. The third-order valence-corrected chi connectivity index (χ3v) is 4.10. The highest BCUT2D eigenvalue weighted by Gasteiger charge is 2.33. The topological polar surface area (TPSA) is 49.8 Å². The maximum Gasteiger partial charge on any atom is 0.256 e. The molecule has 4 heteroatoms. The SMILES string of the molecule is COC(C(=O)N(C)C1CCCCC1O)c1ccccc1. The second kappa shape index (κ2) is 6.86. The van der Waals surface area contributed by atoms with Crippen molar-refractivity contribution in [2.24, 2.45) is 0 Å². The van der Waals surface area contributed by atoms with Crippen LogP contribution in [-0.4, -0.2) is 42.2 Å². The highest BCUT2D eigenvalue weighted by atomic mass is 16.5. The number of carbonyl (C=O) groups is 1. The second-order valence-corrected chi connectivity index (χ2v) is 5.39. The summed E-state index contributed by atoms with van der Waals surface area (Å²) in [7, 11) is 3.30. The van der Waals surface area contributed by atoms with Gasteiger partial charge in [-0.05, 0) is 18.4 Å². The first-order valence-electron chi connectivity index (χ1n) is 7.17. The Bertz CT molecular complexity index is 435. The fourth-order valence-electron chi connectivity index (χ4n) is 2.90. The number of benzene rings is 1. The van der Waals surface area contributed by atoms with Gasteiger partial charge in [-0.3, -0.25) is 4.79 Å². The summed E-state index contributed by atoms with van der Waals surface area (Å²) in [6, 6.07) is 9.37. The smallest absolute Gasteiger partial charge is 0.256 e. The van der Waals surface area contributed by atoms with E-state index < -0.39 is 12.2 Å². The summed E-state index contributed by atoms with van der Waals surface area (Å²) in [5.74, 6) is -0.0929. The summed E-state index contributed by atoms with van der Waals surface area (Å²) in [6.45, 7) is 0. The molecule has 20 heavy (non-hydrogen) atoms. The molecule has 110 valence electrons. The monoisotopic (exact) mass is 277 g/mol. The minimum Gasteiger partial charge on any atom is -0.391 e. The zero-order valence-corrected chi connectivity index (χ0v) is 12.2. The molecule has 1 aromatic rings. The highest BCUT2D eigenvalue weighted by molar-refractivity contribution is 5.82. The predicted molar refractivity (Wildman–Crippen MR) is 77.2 cm³/mol. The number of methoxy groups -OCH3 is 1. The van der Waals surface area contributed by atoms with Gasteiger partial charge in [0, 0.05) is 14.2 Å². The van der Waals surface area contributed by atoms with Crippen LogP contribution in [0.1, 0.15) is 37.4 Å². The minimum atomic E-state index is -0.602. The quantitative estimate of drug-likeness (QED) is 0.917. The molecule has 1 fully saturated rings. The van der Waals surface area contributed by atoms with Crippen molar-refractivity contribution in [1.82, 2.24) is 4.90 Å². The normalized spacial score (nSPS) is 24.1. The lowest BCUT2D eigenvalue weighted by Crippen LogP contribution is -2.48. The zero-order chi connectivity index (χ0) is 14.5. The van der Waals surface area contributed by atoms with Gasteiger partial charge in [-0.1, -0.05) is 43.2 Å². The van der Waals surface area contributed by atoms with Crippen LogP contribution in [0.3, 0.4) is 0 Å². The summed E-state index contributed by atoms with van der Waals surface area (Å²) >= 11 is 0. The molecule has 4 nitrogen and oxygen atoms in total. The van der Waals surface area contributed by atoms with Crippen LogP contribution in [0.4, 0.5) is 0 Å². The molecule has 0 spiro atoms. The first-order valence-corrected chi connectivity index (χ1v) is 7.17. The molecular weight excluding hydrogens is 254 g/mol. The van der Waals surface area contributed by atoms with Crippen molar-refractivity contribution in [2.45, 2.75) is 43.9 Å². The van der Waals surface area contributed by atoms with E-state index in [0.29, 0.717) is 0 Å². The number of aliphatic hydroxyl groups excluding tert-OH is 1. The molecule has 1 aromatic carbocycles. The Labute approximate surface area is 120 Å². The van der Waals surface area contributed by atoms with Gasteiger partial charge in [-0.15, -0.1) is 0 Å². The summed E-state index contributed by atoms with van der Waals surface area (Å²) < 4.78 is 5.37. The number of hydrogen-bond acceptors (Lipinski definition) is 3. The Morgan fingerprint density at radius 1 is 1.30 bits per heavy atom. The Balaban J connectivity index is 2.12. The third-order valence-electron chi connectivity index (χ3n) is 4.10.